The molecule has 1 heteroatoms. The van der Waals surface area contributed by atoms with Crippen molar-refractivity contribution in [1.29, 1.82) is 0 Å². The molecule has 0 N–H and O–H groups in total. The van der Waals surface area contributed by atoms with Gasteiger partial charge in [0.15, 0.2) is 0 Å². The lowest BCUT2D eigenvalue weighted by molar-refractivity contribution is 0.173. The minimum atomic E-state index is 0.524. The van der Waals surface area contributed by atoms with E-state index >= 15 is 0 Å². The molecule has 0 saturated carbocycles. The second-order valence-corrected chi connectivity index (χ2v) is 5.95. The summed E-state index contributed by atoms with van der Waals surface area (Å²) in [4.78, 5) is 0. The van der Waals surface area contributed by atoms with Crippen LogP contribution in [-0.2, 0) is 0 Å². The van der Waals surface area contributed by atoms with Gasteiger partial charge in [0.05, 0.1) is 0 Å². The van der Waals surface area contributed by atoms with Crippen molar-refractivity contribution in [3.8, 4) is 0 Å². The molecule has 0 rings (SSSR count). The first kappa shape index (κ1) is 15.3. The highest BCUT2D eigenvalue weighted by Gasteiger charge is 2.29. The molecule has 0 aromatic heterocycles. The molecular weight excluding hydrogens is 200 g/mol. The highest BCUT2D eigenvalue weighted by atomic mass is 32.1. The van der Waals surface area contributed by atoms with E-state index < -0.39 is 0 Å². The van der Waals surface area contributed by atoms with Crippen LogP contribution in [0.3, 0.4) is 0 Å². The zero-order valence-electron chi connectivity index (χ0n) is 11.5. The fraction of sp³-hybridized carbons (Fsp3) is 1.00. The van der Waals surface area contributed by atoms with E-state index in [4.69, 9.17) is 12.6 Å². The summed E-state index contributed by atoms with van der Waals surface area (Å²) in [5, 5.41) is 0.524. The van der Waals surface area contributed by atoms with Crippen LogP contribution in [0.15, 0.2) is 0 Å². The summed E-state index contributed by atoms with van der Waals surface area (Å²) in [6, 6.07) is 0. The van der Waals surface area contributed by atoms with Crippen LogP contribution in [0.2, 0.25) is 0 Å². The van der Waals surface area contributed by atoms with Crippen LogP contribution >= 0.6 is 12.6 Å². The van der Waals surface area contributed by atoms with Crippen LogP contribution in [0.5, 0.6) is 0 Å². The van der Waals surface area contributed by atoms with Gasteiger partial charge in [-0.15, -0.1) is 0 Å². The van der Waals surface area contributed by atoms with E-state index in [0.717, 1.165) is 23.7 Å². The topological polar surface area (TPSA) is 0 Å². The van der Waals surface area contributed by atoms with E-state index in [1.165, 1.54) is 19.3 Å². The van der Waals surface area contributed by atoms with E-state index in [1.54, 1.807) is 0 Å². The molecule has 15 heavy (non-hydrogen) atoms. The van der Waals surface area contributed by atoms with Crippen LogP contribution < -0.4 is 0 Å². The van der Waals surface area contributed by atoms with Crippen LogP contribution in [0, 0.1) is 23.7 Å². The summed E-state index contributed by atoms with van der Waals surface area (Å²) in [7, 11) is 0. The lowest BCUT2D eigenvalue weighted by atomic mass is 9.72. The Morgan fingerprint density at radius 1 is 0.867 bits per heavy atom. The minimum Gasteiger partial charge on any atom is -0.176 e. The summed E-state index contributed by atoms with van der Waals surface area (Å²) in [5.74, 6) is 3.25. The molecule has 0 aliphatic carbocycles. The molecule has 0 aromatic rings. The SMILES string of the molecule is CCC(C)C(C(C)S)C(C)C(CC)CC. The van der Waals surface area contributed by atoms with E-state index in [2.05, 4.69) is 41.5 Å². The Morgan fingerprint density at radius 3 is 1.60 bits per heavy atom. The largest absolute Gasteiger partial charge is 0.176 e. The maximum atomic E-state index is 4.70. The standard InChI is InChI=1S/C14H30S/c1-7-10(4)14(12(6)15)11(5)13(8-2)9-3/h10-15H,7-9H2,1-6H3. The molecule has 0 amide bonds. The predicted molar refractivity (Wildman–Crippen MR) is 74.6 cm³/mol. The number of hydrogen-bond acceptors (Lipinski definition) is 1. The molecule has 0 aromatic carbocycles. The van der Waals surface area contributed by atoms with Gasteiger partial charge in [-0.05, 0) is 23.7 Å². The van der Waals surface area contributed by atoms with Crippen molar-refractivity contribution < 1.29 is 0 Å². The van der Waals surface area contributed by atoms with Gasteiger partial charge in [0, 0.05) is 5.25 Å². The second-order valence-electron chi connectivity index (χ2n) is 5.14. The Morgan fingerprint density at radius 2 is 1.33 bits per heavy atom. The smallest absolute Gasteiger partial charge is 0.00219 e. The van der Waals surface area contributed by atoms with Crippen LogP contribution in [0.4, 0.5) is 0 Å². The lowest BCUT2D eigenvalue weighted by Crippen LogP contribution is -2.31. The van der Waals surface area contributed by atoms with Gasteiger partial charge in [0.25, 0.3) is 0 Å². The summed E-state index contributed by atoms with van der Waals surface area (Å²) in [6.07, 6.45) is 3.90. The molecule has 0 aliphatic rings. The van der Waals surface area contributed by atoms with Crippen LogP contribution in [0.25, 0.3) is 0 Å². The Hall–Kier alpha value is 0.350. The fourth-order valence-electron chi connectivity index (χ4n) is 3.05. The van der Waals surface area contributed by atoms with Crippen molar-refractivity contribution >= 4 is 12.6 Å². The first-order valence-corrected chi connectivity index (χ1v) is 7.19. The average molecular weight is 230 g/mol. The highest BCUT2D eigenvalue weighted by molar-refractivity contribution is 7.80. The summed E-state index contributed by atoms with van der Waals surface area (Å²) in [6.45, 7) is 14.0. The molecular formula is C14H30S. The van der Waals surface area contributed by atoms with Crippen molar-refractivity contribution in [3.63, 3.8) is 0 Å². The molecule has 0 bridgehead atoms. The van der Waals surface area contributed by atoms with Crippen molar-refractivity contribution in [1.82, 2.24) is 0 Å². The minimum absolute atomic E-state index is 0.524. The Kier molecular flexibility index (Phi) is 7.77. The van der Waals surface area contributed by atoms with Gasteiger partial charge >= 0.3 is 0 Å². The molecule has 0 radical (unpaired) electrons. The average Bonchev–Trinajstić information content (AvgIpc) is 2.19. The van der Waals surface area contributed by atoms with Gasteiger partial charge in [0.2, 0.25) is 0 Å². The van der Waals surface area contributed by atoms with E-state index in [0.29, 0.717) is 5.25 Å². The molecule has 92 valence electrons. The number of thiol groups is 1. The zero-order valence-corrected chi connectivity index (χ0v) is 12.3. The van der Waals surface area contributed by atoms with Crippen LogP contribution in [-0.4, -0.2) is 5.25 Å². The molecule has 4 unspecified atom stereocenters. The van der Waals surface area contributed by atoms with Crippen LogP contribution in [0.1, 0.15) is 60.8 Å². The summed E-state index contributed by atoms with van der Waals surface area (Å²) < 4.78 is 0. The third-order valence-corrected chi connectivity index (χ3v) is 4.60. The maximum absolute atomic E-state index is 4.70. The molecule has 4 atom stereocenters. The zero-order chi connectivity index (χ0) is 12.0. The van der Waals surface area contributed by atoms with Gasteiger partial charge in [-0.1, -0.05) is 60.8 Å². The second kappa shape index (κ2) is 7.60. The quantitative estimate of drug-likeness (QED) is 0.582. The lowest BCUT2D eigenvalue weighted by Gasteiger charge is -2.36. The van der Waals surface area contributed by atoms with Gasteiger partial charge < -0.3 is 0 Å². The Balaban J connectivity index is 4.60. The third-order valence-electron chi connectivity index (χ3n) is 4.26. The fourth-order valence-corrected chi connectivity index (χ4v) is 3.62. The van der Waals surface area contributed by atoms with Gasteiger partial charge in [-0.25, -0.2) is 0 Å². The maximum Gasteiger partial charge on any atom is 0.00219 e. The highest BCUT2D eigenvalue weighted by Crippen LogP contribution is 2.36. The molecule has 0 aliphatic heterocycles. The van der Waals surface area contributed by atoms with Gasteiger partial charge in [-0.2, -0.15) is 12.6 Å². The predicted octanol–water partition coefficient (Wildman–Crippen LogP) is 5.04. The van der Waals surface area contributed by atoms with Gasteiger partial charge in [-0.3, -0.25) is 0 Å². The van der Waals surface area contributed by atoms with E-state index in [9.17, 15) is 0 Å². The van der Waals surface area contributed by atoms with Crippen molar-refractivity contribution in [2.75, 3.05) is 0 Å². The van der Waals surface area contributed by atoms with Crippen molar-refractivity contribution in [2.24, 2.45) is 23.7 Å². The first-order chi connectivity index (χ1) is 6.99. The first-order valence-electron chi connectivity index (χ1n) is 6.67. The summed E-state index contributed by atoms with van der Waals surface area (Å²) >= 11 is 4.70. The monoisotopic (exact) mass is 230 g/mol. The molecule has 0 fully saturated rings. The van der Waals surface area contributed by atoms with E-state index in [-0.39, 0.29) is 0 Å². The molecule has 0 saturated heterocycles. The van der Waals surface area contributed by atoms with Crippen molar-refractivity contribution in [3.05, 3.63) is 0 Å². The Labute approximate surface area is 103 Å². The molecule has 0 nitrogen and oxygen atoms in total. The van der Waals surface area contributed by atoms with Gasteiger partial charge in [0.1, 0.15) is 0 Å². The summed E-state index contributed by atoms with van der Waals surface area (Å²) in [5.41, 5.74) is 0. The third kappa shape index (κ3) is 4.38. The van der Waals surface area contributed by atoms with Crippen molar-refractivity contribution in [2.45, 2.75) is 66.1 Å². The Bertz CT molecular complexity index is 149. The molecule has 0 spiro atoms. The normalized spacial score (nSPS) is 20.0. The molecule has 0 heterocycles. The number of hydrogen-bond donors (Lipinski definition) is 1. The van der Waals surface area contributed by atoms with E-state index in [1.807, 2.05) is 0 Å². The number of rotatable bonds is 7.